The minimum absolute atomic E-state index is 0.174. The molecule has 2 fully saturated rings. The first-order chi connectivity index (χ1) is 6.96. The predicted molar refractivity (Wildman–Crippen MR) is 56.6 cm³/mol. The number of nitrogens with zero attached hydrogens (tertiary/aromatic N) is 1. The van der Waals surface area contributed by atoms with Gasteiger partial charge in [-0.2, -0.15) is 0 Å². The van der Waals surface area contributed by atoms with Crippen molar-refractivity contribution in [2.75, 3.05) is 19.6 Å². The Bertz CT molecular complexity index is 230. The Hall–Kier alpha value is -0.160. The van der Waals surface area contributed by atoms with Crippen molar-refractivity contribution in [3.8, 4) is 0 Å². The molecule has 0 spiro atoms. The number of rotatable bonds is 2. The van der Waals surface area contributed by atoms with Crippen LogP contribution in [-0.4, -0.2) is 53.7 Å². The Morgan fingerprint density at radius 2 is 2.07 bits per heavy atom. The van der Waals surface area contributed by atoms with Gasteiger partial charge < -0.3 is 14.6 Å². The zero-order chi connectivity index (χ0) is 11.1. The monoisotopic (exact) mass is 215 g/mol. The van der Waals surface area contributed by atoms with Gasteiger partial charge in [-0.15, -0.1) is 0 Å². The molecule has 2 saturated heterocycles. The van der Waals surface area contributed by atoms with Gasteiger partial charge in [0.2, 0.25) is 0 Å². The Morgan fingerprint density at radius 1 is 1.40 bits per heavy atom. The molecule has 0 aliphatic carbocycles. The zero-order valence-electron chi connectivity index (χ0n) is 9.77. The Labute approximate surface area is 91.2 Å². The first-order valence-electron chi connectivity index (χ1n) is 5.72. The molecule has 4 nitrogen and oxygen atoms in total. The maximum atomic E-state index is 9.33. The number of fused-ring (bicyclic) bond motifs is 1. The smallest absolute Gasteiger partial charge is 0.163 e. The summed E-state index contributed by atoms with van der Waals surface area (Å²) in [7, 11) is 0. The fourth-order valence-corrected chi connectivity index (χ4v) is 2.50. The van der Waals surface area contributed by atoms with Gasteiger partial charge in [0, 0.05) is 19.6 Å². The van der Waals surface area contributed by atoms with Crippen LogP contribution in [-0.2, 0) is 9.47 Å². The lowest BCUT2D eigenvalue weighted by atomic mass is 10.1. The van der Waals surface area contributed by atoms with Gasteiger partial charge in [0.05, 0.1) is 18.3 Å². The van der Waals surface area contributed by atoms with E-state index in [1.807, 2.05) is 20.8 Å². The van der Waals surface area contributed by atoms with Crippen LogP contribution in [0.2, 0.25) is 0 Å². The van der Waals surface area contributed by atoms with E-state index in [4.69, 9.17) is 9.47 Å². The number of likely N-dealkylation sites (tertiary alicyclic amines) is 1. The van der Waals surface area contributed by atoms with Crippen molar-refractivity contribution in [3.05, 3.63) is 0 Å². The molecule has 88 valence electrons. The molecule has 2 aliphatic heterocycles. The molecular formula is C11H21NO3. The molecule has 1 N–H and O–H groups in total. The lowest BCUT2D eigenvalue weighted by Crippen LogP contribution is -2.47. The second-order valence-corrected chi connectivity index (χ2v) is 5.11. The van der Waals surface area contributed by atoms with Gasteiger partial charge in [0.15, 0.2) is 5.79 Å². The highest BCUT2D eigenvalue weighted by Gasteiger charge is 2.43. The van der Waals surface area contributed by atoms with E-state index >= 15 is 0 Å². The minimum Gasteiger partial charge on any atom is -0.392 e. The third-order valence-electron chi connectivity index (χ3n) is 2.98. The van der Waals surface area contributed by atoms with Crippen molar-refractivity contribution in [1.29, 1.82) is 0 Å². The lowest BCUT2D eigenvalue weighted by Gasteiger charge is -2.33. The Kier molecular flexibility index (Phi) is 3.03. The molecule has 2 heterocycles. The van der Waals surface area contributed by atoms with Crippen LogP contribution in [0.3, 0.4) is 0 Å². The summed E-state index contributed by atoms with van der Waals surface area (Å²) in [5.74, 6) is -0.434. The number of hydrogen-bond acceptors (Lipinski definition) is 4. The Morgan fingerprint density at radius 3 is 2.73 bits per heavy atom. The minimum atomic E-state index is -0.434. The van der Waals surface area contributed by atoms with Crippen LogP contribution in [0.15, 0.2) is 0 Å². The van der Waals surface area contributed by atoms with Gasteiger partial charge >= 0.3 is 0 Å². The zero-order valence-corrected chi connectivity index (χ0v) is 9.77. The molecule has 4 heteroatoms. The van der Waals surface area contributed by atoms with Crippen LogP contribution in [0.1, 0.15) is 27.2 Å². The molecule has 0 radical (unpaired) electrons. The lowest BCUT2D eigenvalue weighted by molar-refractivity contribution is -0.145. The molecule has 0 bridgehead atoms. The van der Waals surface area contributed by atoms with Crippen molar-refractivity contribution < 1.29 is 14.6 Å². The summed E-state index contributed by atoms with van der Waals surface area (Å²) in [5.41, 5.74) is 0. The summed E-state index contributed by atoms with van der Waals surface area (Å²) in [5, 5.41) is 9.33. The summed E-state index contributed by atoms with van der Waals surface area (Å²) in [4.78, 5) is 2.25. The van der Waals surface area contributed by atoms with Gasteiger partial charge in [0.25, 0.3) is 0 Å². The average Bonchev–Trinajstić information content (AvgIpc) is 2.36. The van der Waals surface area contributed by atoms with Crippen LogP contribution in [0.25, 0.3) is 0 Å². The normalized spacial score (nSPS) is 37.6. The van der Waals surface area contributed by atoms with Crippen molar-refractivity contribution in [1.82, 2.24) is 4.90 Å². The molecule has 0 unspecified atom stereocenters. The molecule has 0 aromatic rings. The van der Waals surface area contributed by atoms with Crippen LogP contribution >= 0.6 is 0 Å². The van der Waals surface area contributed by atoms with Gasteiger partial charge in [-0.25, -0.2) is 0 Å². The summed E-state index contributed by atoms with van der Waals surface area (Å²) < 4.78 is 11.6. The number of β-amino-alcohol motifs (C(OH)–C–C–N with tert-alkyl or cyclic N) is 1. The second kappa shape index (κ2) is 4.01. The molecule has 0 saturated carbocycles. The second-order valence-electron chi connectivity index (χ2n) is 5.11. The van der Waals surface area contributed by atoms with Gasteiger partial charge in [-0.05, 0) is 27.2 Å². The van der Waals surface area contributed by atoms with E-state index in [0.717, 1.165) is 26.1 Å². The number of ether oxygens (including phenoxy) is 2. The molecule has 2 rings (SSSR count). The van der Waals surface area contributed by atoms with E-state index < -0.39 is 5.79 Å². The van der Waals surface area contributed by atoms with Crippen molar-refractivity contribution in [2.24, 2.45) is 0 Å². The maximum Gasteiger partial charge on any atom is 0.163 e. The van der Waals surface area contributed by atoms with E-state index in [1.54, 1.807) is 0 Å². The maximum absolute atomic E-state index is 9.33. The van der Waals surface area contributed by atoms with Crippen LogP contribution in [0.4, 0.5) is 0 Å². The average molecular weight is 215 g/mol. The van der Waals surface area contributed by atoms with Crippen LogP contribution < -0.4 is 0 Å². The first kappa shape index (κ1) is 11.3. The standard InChI is InChI=1S/C11H21NO3/c1-8(13)6-12-5-4-9-10(7-12)15-11(2,3)14-9/h8-10,13H,4-7H2,1-3H3/t8-,9+,10-/m1/s1. The molecule has 3 atom stereocenters. The molecule has 0 aromatic carbocycles. The topological polar surface area (TPSA) is 41.9 Å². The fourth-order valence-electron chi connectivity index (χ4n) is 2.50. The number of piperidine rings is 1. The highest BCUT2D eigenvalue weighted by Crippen LogP contribution is 2.32. The summed E-state index contributed by atoms with van der Waals surface area (Å²) in [6.07, 6.45) is 1.15. The highest BCUT2D eigenvalue weighted by atomic mass is 16.8. The van der Waals surface area contributed by atoms with Crippen molar-refractivity contribution in [3.63, 3.8) is 0 Å². The Balaban J connectivity index is 1.90. The van der Waals surface area contributed by atoms with Crippen molar-refractivity contribution in [2.45, 2.75) is 51.3 Å². The van der Waals surface area contributed by atoms with Gasteiger partial charge in [0.1, 0.15) is 0 Å². The van der Waals surface area contributed by atoms with E-state index in [2.05, 4.69) is 4.90 Å². The molecule has 0 aromatic heterocycles. The molecule has 0 amide bonds. The van der Waals surface area contributed by atoms with E-state index in [-0.39, 0.29) is 18.3 Å². The highest BCUT2D eigenvalue weighted by molar-refractivity contribution is 4.88. The largest absolute Gasteiger partial charge is 0.392 e. The van der Waals surface area contributed by atoms with E-state index in [1.165, 1.54) is 0 Å². The molecule has 15 heavy (non-hydrogen) atoms. The van der Waals surface area contributed by atoms with E-state index in [9.17, 15) is 5.11 Å². The number of aliphatic hydroxyl groups is 1. The van der Waals surface area contributed by atoms with Gasteiger partial charge in [-0.3, -0.25) is 4.90 Å². The first-order valence-corrected chi connectivity index (χ1v) is 5.72. The number of hydrogen-bond donors (Lipinski definition) is 1. The SMILES string of the molecule is C[C@@H](O)CN1CC[C@@H]2OC(C)(C)O[C@@H]2C1. The summed E-state index contributed by atoms with van der Waals surface area (Å²) in [6, 6.07) is 0. The molecule has 2 aliphatic rings. The van der Waals surface area contributed by atoms with Gasteiger partial charge in [-0.1, -0.05) is 0 Å². The third kappa shape index (κ3) is 2.69. The number of aliphatic hydroxyl groups excluding tert-OH is 1. The third-order valence-corrected chi connectivity index (χ3v) is 2.98. The predicted octanol–water partition coefficient (Wildman–Crippen LogP) is 0.593. The van der Waals surface area contributed by atoms with Crippen LogP contribution in [0.5, 0.6) is 0 Å². The summed E-state index contributed by atoms with van der Waals surface area (Å²) in [6.45, 7) is 8.34. The fraction of sp³-hybridized carbons (Fsp3) is 1.00. The quantitative estimate of drug-likeness (QED) is 0.732. The van der Waals surface area contributed by atoms with E-state index in [0.29, 0.717) is 0 Å². The summed E-state index contributed by atoms with van der Waals surface area (Å²) >= 11 is 0. The van der Waals surface area contributed by atoms with Crippen LogP contribution in [0, 0.1) is 0 Å². The van der Waals surface area contributed by atoms with Crippen molar-refractivity contribution >= 4 is 0 Å². The molecular weight excluding hydrogens is 194 g/mol.